The molecule has 0 spiro atoms. The minimum Gasteiger partial charge on any atom is -0.468 e. The smallest absolute Gasteiger partial charge is 0.337 e. The van der Waals surface area contributed by atoms with Crippen LogP contribution in [0, 0.1) is 11.8 Å². The highest BCUT2D eigenvalue weighted by molar-refractivity contribution is 7.10. The van der Waals surface area contributed by atoms with Crippen LogP contribution < -0.4 is 5.32 Å². The Morgan fingerprint density at radius 2 is 1.97 bits per heavy atom. The summed E-state index contributed by atoms with van der Waals surface area (Å²) in [6, 6.07) is 3.84. The molecule has 0 radical (unpaired) electrons. The van der Waals surface area contributed by atoms with Crippen molar-refractivity contribution in [3.05, 3.63) is 44.9 Å². The lowest BCUT2D eigenvalue weighted by Gasteiger charge is -2.38. The molecule has 1 fully saturated rings. The van der Waals surface area contributed by atoms with Crippen molar-refractivity contribution in [2.24, 2.45) is 11.8 Å². The zero-order valence-electron chi connectivity index (χ0n) is 17.5. The number of ether oxygens (including phenoxy) is 2. The number of Topliss-reactive ketones (excluding diaryl/α,β-unsaturated/α-hetero) is 1. The van der Waals surface area contributed by atoms with Gasteiger partial charge in [0.15, 0.2) is 5.78 Å². The Hall–Kier alpha value is -2.41. The summed E-state index contributed by atoms with van der Waals surface area (Å²) >= 11 is 1.50. The largest absolute Gasteiger partial charge is 0.468 e. The van der Waals surface area contributed by atoms with Crippen molar-refractivity contribution in [2.45, 2.75) is 58.0 Å². The van der Waals surface area contributed by atoms with E-state index in [0.717, 1.165) is 36.3 Å². The number of nitrogens with one attached hydrogen (secondary N) is 1. The summed E-state index contributed by atoms with van der Waals surface area (Å²) in [5.74, 6) is -2.73. The van der Waals surface area contributed by atoms with Gasteiger partial charge < -0.3 is 14.8 Å². The van der Waals surface area contributed by atoms with E-state index in [1.54, 1.807) is 0 Å². The molecular formula is C23H27NO5S. The van der Waals surface area contributed by atoms with Gasteiger partial charge in [0.1, 0.15) is 12.0 Å². The van der Waals surface area contributed by atoms with Gasteiger partial charge in [-0.25, -0.2) is 4.79 Å². The van der Waals surface area contributed by atoms with Crippen molar-refractivity contribution in [2.75, 3.05) is 7.11 Å². The van der Waals surface area contributed by atoms with Gasteiger partial charge >= 0.3 is 11.9 Å². The fraction of sp³-hybridized carbons (Fsp3) is 0.522. The number of carbonyl (C=O) groups excluding carboxylic acids is 3. The Balaban J connectivity index is 1.76. The number of hydrogen-bond donors (Lipinski definition) is 1. The minimum atomic E-state index is -0.858. The zero-order valence-corrected chi connectivity index (χ0v) is 18.3. The average molecular weight is 430 g/mol. The highest BCUT2D eigenvalue weighted by Gasteiger charge is 2.47. The lowest BCUT2D eigenvalue weighted by Crippen LogP contribution is -2.43. The Morgan fingerprint density at radius 1 is 1.23 bits per heavy atom. The van der Waals surface area contributed by atoms with E-state index in [1.807, 2.05) is 31.4 Å². The number of esters is 2. The van der Waals surface area contributed by atoms with Gasteiger partial charge in [-0.15, -0.1) is 11.3 Å². The molecule has 4 rings (SSSR count). The van der Waals surface area contributed by atoms with E-state index in [-0.39, 0.29) is 23.8 Å². The van der Waals surface area contributed by atoms with Gasteiger partial charge in [-0.3, -0.25) is 9.59 Å². The molecule has 3 atom stereocenters. The first-order chi connectivity index (χ1) is 14.4. The maximum absolute atomic E-state index is 13.5. The summed E-state index contributed by atoms with van der Waals surface area (Å²) < 4.78 is 10.7. The van der Waals surface area contributed by atoms with Gasteiger partial charge in [-0.05, 0) is 56.4 Å². The molecule has 0 amide bonds. The summed E-state index contributed by atoms with van der Waals surface area (Å²) in [5.41, 5.74) is 2.47. The first-order valence-electron chi connectivity index (χ1n) is 10.5. The summed E-state index contributed by atoms with van der Waals surface area (Å²) in [6.45, 7) is 3.74. The fourth-order valence-electron chi connectivity index (χ4n) is 4.91. The number of dihydropyridines is 1. The van der Waals surface area contributed by atoms with Crippen molar-refractivity contribution >= 4 is 29.1 Å². The quantitative estimate of drug-likeness (QED) is 0.578. The SMILES string of the molecule is COC(=O)[C@H]1C(=O)C2=C(C[C@@H]1C)NC(C)=C(C(=O)OC1CCCC1)[C@@H]2c1cccs1. The molecule has 1 N–H and O–H groups in total. The molecule has 2 heterocycles. The van der Waals surface area contributed by atoms with Crippen LogP contribution in [0.1, 0.15) is 56.7 Å². The second-order valence-corrected chi connectivity index (χ2v) is 9.34. The van der Waals surface area contributed by atoms with E-state index in [0.29, 0.717) is 23.3 Å². The summed E-state index contributed by atoms with van der Waals surface area (Å²) in [6.07, 6.45) is 4.37. The minimum absolute atomic E-state index is 0.0675. The Morgan fingerprint density at radius 3 is 2.60 bits per heavy atom. The predicted octanol–water partition coefficient (Wildman–Crippen LogP) is 3.85. The number of thiophene rings is 1. The highest BCUT2D eigenvalue weighted by atomic mass is 32.1. The van der Waals surface area contributed by atoms with Crippen LogP contribution >= 0.6 is 11.3 Å². The molecule has 6 nitrogen and oxygen atoms in total. The Labute approximate surface area is 180 Å². The predicted molar refractivity (Wildman–Crippen MR) is 113 cm³/mol. The number of ketones is 1. The average Bonchev–Trinajstić information content (AvgIpc) is 3.40. The lowest BCUT2D eigenvalue weighted by atomic mass is 9.70. The maximum atomic E-state index is 13.5. The van der Waals surface area contributed by atoms with Gasteiger partial charge in [0, 0.05) is 21.8 Å². The summed E-state index contributed by atoms with van der Waals surface area (Å²) in [4.78, 5) is 40.0. The second kappa shape index (κ2) is 8.38. The fourth-order valence-corrected chi connectivity index (χ4v) is 5.76. The van der Waals surface area contributed by atoms with E-state index in [9.17, 15) is 14.4 Å². The molecule has 160 valence electrons. The van der Waals surface area contributed by atoms with E-state index in [2.05, 4.69) is 5.32 Å². The van der Waals surface area contributed by atoms with Gasteiger partial charge in [0.05, 0.1) is 18.6 Å². The third kappa shape index (κ3) is 3.60. The standard InChI is InChI=1S/C23H27NO5S/c1-12-11-15-19(21(25)17(12)22(26)28-3)20(16-9-6-10-30-16)18(13(2)24-15)23(27)29-14-7-4-5-8-14/h6,9-10,12,14,17,20,24H,4-5,7-8,11H2,1-3H3/t12-,17+,20-/m0/s1. The summed E-state index contributed by atoms with van der Waals surface area (Å²) in [7, 11) is 1.30. The Bertz CT molecular complexity index is 923. The second-order valence-electron chi connectivity index (χ2n) is 8.36. The molecule has 30 heavy (non-hydrogen) atoms. The highest BCUT2D eigenvalue weighted by Crippen LogP contribution is 2.46. The first kappa shape index (κ1) is 20.8. The van der Waals surface area contributed by atoms with Crippen molar-refractivity contribution in [3.8, 4) is 0 Å². The van der Waals surface area contributed by atoms with E-state index < -0.39 is 17.8 Å². The molecule has 1 saturated carbocycles. The van der Waals surface area contributed by atoms with Crippen molar-refractivity contribution in [1.82, 2.24) is 5.32 Å². The molecule has 0 aromatic carbocycles. The van der Waals surface area contributed by atoms with Crippen molar-refractivity contribution < 1.29 is 23.9 Å². The third-order valence-electron chi connectivity index (χ3n) is 6.37. The number of methoxy groups -OCH3 is 1. The molecule has 1 aromatic rings. The number of rotatable bonds is 4. The topological polar surface area (TPSA) is 81.7 Å². The summed E-state index contributed by atoms with van der Waals surface area (Å²) in [5, 5.41) is 5.23. The van der Waals surface area contributed by atoms with E-state index in [4.69, 9.17) is 9.47 Å². The zero-order chi connectivity index (χ0) is 21.4. The van der Waals surface area contributed by atoms with Crippen LogP contribution in [-0.4, -0.2) is 30.9 Å². The van der Waals surface area contributed by atoms with Crippen LogP contribution in [0.3, 0.4) is 0 Å². The van der Waals surface area contributed by atoms with Crippen LogP contribution in [0.5, 0.6) is 0 Å². The molecular weight excluding hydrogens is 402 g/mol. The van der Waals surface area contributed by atoms with Gasteiger partial charge in [-0.1, -0.05) is 13.0 Å². The van der Waals surface area contributed by atoms with Crippen LogP contribution in [0.25, 0.3) is 0 Å². The van der Waals surface area contributed by atoms with Crippen LogP contribution in [0.4, 0.5) is 0 Å². The molecule has 0 unspecified atom stereocenters. The number of carbonyl (C=O) groups is 3. The maximum Gasteiger partial charge on any atom is 0.337 e. The van der Waals surface area contributed by atoms with Gasteiger partial charge in [-0.2, -0.15) is 0 Å². The van der Waals surface area contributed by atoms with E-state index >= 15 is 0 Å². The first-order valence-corrected chi connectivity index (χ1v) is 11.4. The molecule has 0 saturated heterocycles. The van der Waals surface area contributed by atoms with Gasteiger partial charge in [0.25, 0.3) is 0 Å². The third-order valence-corrected chi connectivity index (χ3v) is 7.30. The molecule has 1 aromatic heterocycles. The van der Waals surface area contributed by atoms with E-state index in [1.165, 1.54) is 18.4 Å². The van der Waals surface area contributed by atoms with Gasteiger partial charge in [0.2, 0.25) is 0 Å². The Kier molecular flexibility index (Phi) is 5.82. The molecule has 2 aliphatic carbocycles. The number of allylic oxidation sites excluding steroid dienone is 3. The van der Waals surface area contributed by atoms with Crippen LogP contribution in [0.15, 0.2) is 40.1 Å². The lowest BCUT2D eigenvalue weighted by molar-refractivity contribution is -0.151. The normalized spacial score (nSPS) is 27.0. The molecule has 1 aliphatic heterocycles. The van der Waals surface area contributed by atoms with Crippen LogP contribution in [-0.2, 0) is 23.9 Å². The van der Waals surface area contributed by atoms with Crippen LogP contribution in [0.2, 0.25) is 0 Å². The molecule has 3 aliphatic rings. The molecule has 0 bridgehead atoms. The van der Waals surface area contributed by atoms with Crippen molar-refractivity contribution in [1.29, 1.82) is 0 Å². The molecule has 7 heteroatoms. The monoisotopic (exact) mass is 429 g/mol. The number of hydrogen-bond acceptors (Lipinski definition) is 7. The van der Waals surface area contributed by atoms with Crippen molar-refractivity contribution in [3.63, 3.8) is 0 Å².